The predicted octanol–water partition coefficient (Wildman–Crippen LogP) is 2.08. The minimum Gasteiger partial charge on any atom is -0.372 e. The molecule has 2 amide bonds. The Labute approximate surface area is 179 Å². The van der Waals surface area contributed by atoms with Crippen LogP contribution in [-0.2, 0) is 11.3 Å². The van der Waals surface area contributed by atoms with E-state index in [1.807, 2.05) is 43.4 Å². The average Bonchev–Trinajstić information content (AvgIpc) is 3.03. The van der Waals surface area contributed by atoms with Crippen molar-refractivity contribution in [1.29, 1.82) is 0 Å². The first-order chi connectivity index (χ1) is 14.5. The van der Waals surface area contributed by atoms with Gasteiger partial charge in [0.15, 0.2) is 6.54 Å². The van der Waals surface area contributed by atoms with Crippen LogP contribution in [0.25, 0.3) is 0 Å². The monoisotopic (exact) mass is 409 g/mol. The summed E-state index contributed by atoms with van der Waals surface area (Å²) in [5.41, 5.74) is 3.80. The highest BCUT2D eigenvalue weighted by molar-refractivity contribution is 5.94. The van der Waals surface area contributed by atoms with Gasteiger partial charge in [0.2, 0.25) is 0 Å². The molecule has 0 aliphatic carbocycles. The normalized spacial score (nSPS) is 15.2. The van der Waals surface area contributed by atoms with Gasteiger partial charge in [-0.3, -0.25) is 9.59 Å². The molecule has 0 saturated carbocycles. The van der Waals surface area contributed by atoms with Crippen molar-refractivity contribution >= 4 is 23.2 Å². The Morgan fingerprint density at radius 2 is 1.57 bits per heavy atom. The summed E-state index contributed by atoms with van der Waals surface area (Å²) in [6.07, 6.45) is 5.14. The van der Waals surface area contributed by atoms with Crippen LogP contribution < -0.4 is 20.4 Å². The van der Waals surface area contributed by atoms with E-state index in [1.54, 1.807) is 7.05 Å². The maximum Gasteiger partial charge on any atom is 0.279 e. The maximum absolute atomic E-state index is 12.4. The molecule has 3 N–H and O–H groups in total. The van der Waals surface area contributed by atoms with Crippen LogP contribution >= 0.6 is 0 Å². The van der Waals surface area contributed by atoms with Crippen LogP contribution in [0.2, 0.25) is 0 Å². The number of hydrogen-bond acceptors (Lipinski definition) is 3. The van der Waals surface area contributed by atoms with Crippen LogP contribution in [0.5, 0.6) is 0 Å². The van der Waals surface area contributed by atoms with Gasteiger partial charge in [-0.05, 0) is 49.2 Å². The van der Waals surface area contributed by atoms with Gasteiger partial charge >= 0.3 is 0 Å². The van der Waals surface area contributed by atoms with Crippen molar-refractivity contribution in [2.45, 2.75) is 32.2 Å². The molecule has 0 bridgehead atoms. The summed E-state index contributed by atoms with van der Waals surface area (Å²) in [4.78, 5) is 27.6. The molecule has 0 spiro atoms. The van der Waals surface area contributed by atoms with E-state index in [4.69, 9.17) is 0 Å². The number of amides is 2. The Bertz CT molecular complexity index is 825. The SMILES string of the molecule is CNC(=O)c1ccc(C[NH+](C)CC(=O)Nc2ccc(N3CCCCCC3)cc2)cc1. The zero-order chi connectivity index (χ0) is 21.3. The quantitative estimate of drug-likeness (QED) is 0.656. The summed E-state index contributed by atoms with van der Waals surface area (Å²) < 4.78 is 0. The van der Waals surface area contributed by atoms with Crippen LogP contribution in [-0.4, -0.2) is 45.5 Å². The van der Waals surface area contributed by atoms with E-state index >= 15 is 0 Å². The number of nitrogens with zero attached hydrogens (tertiary/aromatic N) is 1. The van der Waals surface area contributed by atoms with Crippen molar-refractivity contribution in [2.75, 3.05) is 43.9 Å². The lowest BCUT2D eigenvalue weighted by atomic mass is 10.1. The molecule has 1 unspecified atom stereocenters. The fraction of sp³-hybridized carbons (Fsp3) is 0.417. The third-order valence-corrected chi connectivity index (χ3v) is 5.53. The Balaban J connectivity index is 1.48. The van der Waals surface area contributed by atoms with Gasteiger partial charge in [-0.2, -0.15) is 0 Å². The number of hydrogen-bond donors (Lipinski definition) is 3. The summed E-state index contributed by atoms with van der Waals surface area (Å²) >= 11 is 0. The molecule has 0 aromatic heterocycles. The van der Waals surface area contributed by atoms with Gasteiger partial charge in [0.05, 0.1) is 7.05 Å². The Morgan fingerprint density at radius 3 is 2.17 bits per heavy atom. The van der Waals surface area contributed by atoms with Crippen LogP contribution in [0.15, 0.2) is 48.5 Å². The van der Waals surface area contributed by atoms with Crippen molar-refractivity contribution in [1.82, 2.24) is 5.32 Å². The Hall–Kier alpha value is -2.86. The maximum atomic E-state index is 12.4. The molecule has 1 aliphatic heterocycles. The second-order valence-corrected chi connectivity index (χ2v) is 8.08. The Morgan fingerprint density at radius 1 is 0.933 bits per heavy atom. The number of nitrogens with one attached hydrogen (secondary N) is 3. The number of rotatable bonds is 7. The standard InChI is InChI=1S/C24H32N4O2/c1-25-24(30)20-9-7-19(8-10-20)17-27(2)18-23(29)26-21-11-13-22(14-12-21)28-15-5-3-4-6-16-28/h7-14H,3-6,15-18H2,1-2H3,(H,25,30)(H,26,29)/p+1. The molecule has 6 nitrogen and oxygen atoms in total. The number of carbonyl (C=O) groups is 2. The highest BCUT2D eigenvalue weighted by atomic mass is 16.2. The van der Waals surface area contributed by atoms with Crippen LogP contribution in [0.3, 0.4) is 0 Å². The summed E-state index contributed by atoms with van der Waals surface area (Å²) in [7, 11) is 3.62. The lowest BCUT2D eigenvalue weighted by Crippen LogP contribution is -3.08. The minimum atomic E-state index is -0.0940. The highest BCUT2D eigenvalue weighted by Gasteiger charge is 2.13. The van der Waals surface area contributed by atoms with Gasteiger partial charge in [0.25, 0.3) is 11.8 Å². The molecular weight excluding hydrogens is 376 g/mol. The number of carbonyl (C=O) groups excluding carboxylic acids is 2. The van der Waals surface area contributed by atoms with Gasteiger partial charge in [-0.1, -0.05) is 25.0 Å². The fourth-order valence-corrected chi connectivity index (χ4v) is 3.89. The first-order valence-corrected chi connectivity index (χ1v) is 10.8. The van der Waals surface area contributed by atoms with E-state index in [1.165, 1.54) is 31.4 Å². The third kappa shape index (κ3) is 6.32. The van der Waals surface area contributed by atoms with E-state index < -0.39 is 0 Å². The van der Waals surface area contributed by atoms with Gasteiger partial charge < -0.3 is 20.4 Å². The number of benzene rings is 2. The topological polar surface area (TPSA) is 65.9 Å². The van der Waals surface area contributed by atoms with E-state index in [0.717, 1.165) is 35.8 Å². The fourth-order valence-electron chi connectivity index (χ4n) is 3.89. The summed E-state index contributed by atoms with van der Waals surface area (Å²) in [6.45, 7) is 3.33. The van der Waals surface area contributed by atoms with Gasteiger partial charge in [-0.15, -0.1) is 0 Å². The molecule has 30 heavy (non-hydrogen) atoms. The van der Waals surface area contributed by atoms with Crippen molar-refractivity contribution < 1.29 is 14.5 Å². The van der Waals surface area contributed by atoms with Gasteiger partial charge in [0.1, 0.15) is 6.54 Å². The van der Waals surface area contributed by atoms with E-state index in [-0.39, 0.29) is 11.8 Å². The van der Waals surface area contributed by atoms with Gasteiger partial charge in [0, 0.05) is 42.6 Å². The number of quaternary nitrogens is 1. The molecule has 1 saturated heterocycles. The molecule has 3 rings (SSSR count). The smallest absolute Gasteiger partial charge is 0.279 e. The summed E-state index contributed by atoms with van der Waals surface area (Å²) in [5, 5.41) is 5.62. The van der Waals surface area contributed by atoms with Crippen molar-refractivity contribution in [3.05, 3.63) is 59.7 Å². The van der Waals surface area contributed by atoms with Crippen LogP contribution in [0.1, 0.15) is 41.6 Å². The zero-order valence-corrected chi connectivity index (χ0v) is 18.0. The molecule has 1 heterocycles. The number of likely N-dealkylation sites (N-methyl/N-ethyl adjacent to an activating group) is 1. The first-order valence-electron chi connectivity index (χ1n) is 10.8. The van der Waals surface area contributed by atoms with Crippen molar-refractivity contribution in [3.8, 4) is 0 Å². The average molecular weight is 410 g/mol. The lowest BCUT2D eigenvalue weighted by molar-refractivity contribution is -0.885. The van der Waals surface area contributed by atoms with E-state index in [2.05, 4.69) is 27.7 Å². The number of anilines is 2. The Kier molecular flexibility index (Phi) is 7.85. The van der Waals surface area contributed by atoms with Crippen LogP contribution in [0.4, 0.5) is 11.4 Å². The highest BCUT2D eigenvalue weighted by Crippen LogP contribution is 2.21. The molecule has 6 heteroatoms. The molecule has 1 aliphatic rings. The predicted molar refractivity (Wildman–Crippen MR) is 121 cm³/mol. The molecule has 2 aromatic rings. The zero-order valence-electron chi connectivity index (χ0n) is 18.0. The van der Waals surface area contributed by atoms with Crippen molar-refractivity contribution in [2.24, 2.45) is 0 Å². The van der Waals surface area contributed by atoms with Crippen molar-refractivity contribution in [3.63, 3.8) is 0 Å². The minimum absolute atomic E-state index is 0.00277. The molecule has 1 atom stereocenters. The molecule has 1 fully saturated rings. The molecule has 0 radical (unpaired) electrons. The van der Waals surface area contributed by atoms with E-state index in [0.29, 0.717) is 12.1 Å². The molecular formula is C24H33N4O2+. The second-order valence-electron chi connectivity index (χ2n) is 8.08. The third-order valence-electron chi connectivity index (χ3n) is 5.53. The largest absolute Gasteiger partial charge is 0.372 e. The van der Waals surface area contributed by atoms with E-state index in [9.17, 15) is 9.59 Å². The second kappa shape index (κ2) is 10.8. The first kappa shape index (κ1) is 21.8. The summed E-state index contributed by atoms with van der Waals surface area (Å²) in [5.74, 6) is -0.0968. The molecule has 2 aromatic carbocycles. The molecule has 160 valence electrons. The lowest BCUT2D eigenvalue weighted by Gasteiger charge is -2.22. The van der Waals surface area contributed by atoms with Crippen LogP contribution in [0, 0.1) is 0 Å². The summed E-state index contributed by atoms with van der Waals surface area (Å²) in [6, 6.07) is 15.7. The van der Waals surface area contributed by atoms with Gasteiger partial charge in [-0.25, -0.2) is 0 Å².